The number of fused-ring (bicyclic) bond motifs is 4. The molecule has 1 aromatic rings. The maximum atomic E-state index is 13.6. The molecule has 5 atom stereocenters. The average Bonchev–Trinajstić information content (AvgIpc) is 2.81. The number of carbonyl (C=O) groups is 2. The van der Waals surface area contributed by atoms with E-state index in [1.807, 2.05) is 25.1 Å². The van der Waals surface area contributed by atoms with Crippen LogP contribution in [-0.4, -0.2) is 69.5 Å². The van der Waals surface area contributed by atoms with Crippen LogP contribution in [0.5, 0.6) is 5.75 Å². The summed E-state index contributed by atoms with van der Waals surface area (Å²) in [6.07, 6.45) is 2.38. The van der Waals surface area contributed by atoms with Gasteiger partial charge >= 0.3 is 6.09 Å². The van der Waals surface area contributed by atoms with Gasteiger partial charge in [-0.3, -0.25) is 10.1 Å². The summed E-state index contributed by atoms with van der Waals surface area (Å²) >= 11 is 6.58. The van der Waals surface area contributed by atoms with Crippen LogP contribution in [0.25, 0.3) is 0 Å². The Bertz CT molecular complexity index is 1030. The van der Waals surface area contributed by atoms with Crippen molar-refractivity contribution in [3.8, 4) is 5.75 Å². The van der Waals surface area contributed by atoms with Gasteiger partial charge in [0.1, 0.15) is 29.1 Å². The van der Waals surface area contributed by atoms with Crippen LogP contribution in [-0.2, 0) is 25.4 Å². The molecule has 0 saturated carbocycles. The van der Waals surface area contributed by atoms with Crippen molar-refractivity contribution in [2.24, 2.45) is 5.92 Å². The van der Waals surface area contributed by atoms with Crippen LogP contribution in [0.2, 0.25) is 5.02 Å². The third kappa shape index (κ3) is 5.64. The van der Waals surface area contributed by atoms with E-state index in [0.29, 0.717) is 22.9 Å². The van der Waals surface area contributed by atoms with Gasteiger partial charge in [0.15, 0.2) is 5.72 Å². The van der Waals surface area contributed by atoms with Gasteiger partial charge in [0, 0.05) is 33.6 Å². The minimum Gasteiger partial charge on any atom is -0.495 e. The van der Waals surface area contributed by atoms with Crippen molar-refractivity contribution >= 4 is 29.3 Å². The highest BCUT2D eigenvalue weighted by Crippen LogP contribution is 2.38. The summed E-state index contributed by atoms with van der Waals surface area (Å²) < 4.78 is 22.0. The highest BCUT2D eigenvalue weighted by atomic mass is 35.5. The summed E-state index contributed by atoms with van der Waals surface area (Å²) in [6.45, 7) is 3.68. The number of anilines is 1. The fourth-order valence-electron chi connectivity index (χ4n) is 4.54. The number of hydrogen-bond acceptors (Lipinski definition) is 7. The van der Waals surface area contributed by atoms with E-state index < -0.39 is 36.0 Å². The molecule has 192 valence electrons. The van der Waals surface area contributed by atoms with Crippen LogP contribution < -0.4 is 15.0 Å². The molecule has 0 aliphatic carbocycles. The third-order valence-corrected chi connectivity index (χ3v) is 6.90. The number of carbonyl (C=O) groups excluding carboxylic acids is 2. The molecule has 35 heavy (non-hydrogen) atoms. The largest absolute Gasteiger partial charge is 0.495 e. The minimum absolute atomic E-state index is 0.0215. The molecular formula is C25H33ClN2O7. The molecular weight excluding hydrogens is 476 g/mol. The third-order valence-electron chi connectivity index (χ3n) is 6.52. The van der Waals surface area contributed by atoms with E-state index in [4.69, 9.17) is 30.5 Å². The number of amides is 2. The number of likely N-dealkylation sites (N-methyl/N-ethyl adjacent to an activating group) is 1. The Kier molecular flexibility index (Phi) is 8.48. The first-order chi connectivity index (χ1) is 16.5. The lowest BCUT2D eigenvalue weighted by Gasteiger charge is -2.43. The number of aliphatic hydroxyl groups is 1. The number of alkyl carbamates (subject to hydrolysis) is 1. The van der Waals surface area contributed by atoms with Crippen LogP contribution >= 0.6 is 11.6 Å². The van der Waals surface area contributed by atoms with Gasteiger partial charge in [0.05, 0.1) is 12.8 Å². The quantitative estimate of drug-likeness (QED) is 0.645. The first-order valence-corrected chi connectivity index (χ1v) is 11.7. The topological polar surface area (TPSA) is 107 Å². The molecule has 2 aliphatic heterocycles. The summed E-state index contributed by atoms with van der Waals surface area (Å²) in [5.74, 6) is -0.545. The summed E-state index contributed by atoms with van der Waals surface area (Å²) in [7, 11) is 5.98. The maximum Gasteiger partial charge on any atom is 0.409 e. The van der Waals surface area contributed by atoms with Crippen molar-refractivity contribution in [2.75, 3.05) is 33.3 Å². The first kappa shape index (κ1) is 27.0. The van der Waals surface area contributed by atoms with Gasteiger partial charge in [-0.05, 0) is 31.0 Å². The second-order valence-corrected chi connectivity index (χ2v) is 9.35. The van der Waals surface area contributed by atoms with E-state index in [2.05, 4.69) is 5.32 Å². The van der Waals surface area contributed by atoms with E-state index >= 15 is 0 Å². The molecule has 0 unspecified atom stereocenters. The zero-order valence-corrected chi connectivity index (χ0v) is 21.6. The Morgan fingerprint density at radius 3 is 2.57 bits per heavy atom. The van der Waals surface area contributed by atoms with E-state index in [0.717, 1.165) is 11.1 Å². The number of rotatable bonds is 3. The molecule has 0 radical (unpaired) electrons. The Balaban J connectivity index is 2.15. The lowest BCUT2D eigenvalue weighted by atomic mass is 9.87. The van der Waals surface area contributed by atoms with Crippen molar-refractivity contribution < 1.29 is 33.6 Å². The second-order valence-electron chi connectivity index (χ2n) is 8.97. The van der Waals surface area contributed by atoms with Crippen molar-refractivity contribution in [2.45, 2.75) is 50.7 Å². The van der Waals surface area contributed by atoms with Gasteiger partial charge < -0.3 is 29.0 Å². The number of benzene rings is 1. The van der Waals surface area contributed by atoms with Crippen molar-refractivity contribution in [3.05, 3.63) is 46.5 Å². The fourth-order valence-corrected chi connectivity index (χ4v) is 4.85. The number of allylic oxidation sites excluding steroid dienone is 3. The number of ether oxygens (including phenoxy) is 4. The van der Waals surface area contributed by atoms with Gasteiger partial charge in [-0.25, -0.2) is 4.79 Å². The standard InChI is InChI=1S/C25H33ClN2O7/c1-14-8-7-9-20(33-5)25(31)13-19(35-24(30)27-25)15(2)22(34-6)23(29)28(3)17-11-16(10-14)12-18(32-4)21(17)26/h7-9,11-12,15,19-20,22,31H,10,13H2,1-6H3,(H,27,30)/b9-7+,14-8+/t15-,19+,20-,22+,25+/m1/s1. The zero-order valence-electron chi connectivity index (χ0n) is 20.8. The summed E-state index contributed by atoms with van der Waals surface area (Å²) in [6, 6.07) is 3.67. The van der Waals surface area contributed by atoms with E-state index in [1.54, 1.807) is 26.1 Å². The van der Waals surface area contributed by atoms with Gasteiger partial charge in [0.25, 0.3) is 5.91 Å². The summed E-state index contributed by atoms with van der Waals surface area (Å²) in [5, 5.41) is 14.1. The minimum atomic E-state index is -1.74. The highest BCUT2D eigenvalue weighted by molar-refractivity contribution is 6.35. The van der Waals surface area contributed by atoms with E-state index in [-0.39, 0.29) is 12.3 Å². The van der Waals surface area contributed by atoms with Crippen LogP contribution in [0.4, 0.5) is 10.5 Å². The molecule has 9 nitrogen and oxygen atoms in total. The first-order valence-electron chi connectivity index (χ1n) is 11.3. The Morgan fingerprint density at radius 1 is 1.23 bits per heavy atom. The molecule has 1 aromatic carbocycles. The summed E-state index contributed by atoms with van der Waals surface area (Å²) in [5.41, 5.74) is 0.615. The smallest absolute Gasteiger partial charge is 0.409 e. The lowest BCUT2D eigenvalue weighted by molar-refractivity contribution is -0.155. The number of halogens is 1. The van der Waals surface area contributed by atoms with Crippen LogP contribution in [0.15, 0.2) is 35.9 Å². The number of nitrogens with one attached hydrogen (secondary N) is 1. The SMILES string of the molecule is COc1cc2cc(c1Cl)N(C)C(=O)[C@@H](OC)[C@H](C)[C@@H]1C[C@@](O)(NC(=O)O1)[C@H](OC)/C=C/C=C(\C)C2. The maximum absolute atomic E-state index is 13.6. The molecule has 4 bridgehead atoms. The molecule has 2 N–H and O–H groups in total. The molecule has 1 saturated heterocycles. The van der Waals surface area contributed by atoms with E-state index in [1.165, 1.54) is 26.2 Å². The zero-order chi connectivity index (χ0) is 25.9. The number of nitrogens with zero attached hydrogens (tertiary/aromatic N) is 1. The van der Waals surface area contributed by atoms with Gasteiger partial charge in [-0.15, -0.1) is 0 Å². The van der Waals surface area contributed by atoms with Crippen molar-refractivity contribution in [1.82, 2.24) is 5.32 Å². The number of hydrogen-bond donors (Lipinski definition) is 2. The Hall–Kier alpha value is -2.59. The molecule has 0 aromatic heterocycles. The second kappa shape index (κ2) is 11.0. The lowest BCUT2D eigenvalue weighted by Crippen LogP contribution is -2.64. The predicted molar refractivity (Wildman–Crippen MR) is 132 cm³/mol. The molecule has 0 spiro atoms. The average molecular weight is 509 g/mol. The summed E-state index contributed by atoms with van der Waals surface area (Å²) in [4.78, 5) is 27.4. The van der Waals surface area contributed by atoms with Gasteiger partial charge in [-0.1, -0.05) is 42.3 Å². The van der Waals surface area contributed by atoms with E-state index in [9.17, 15) is 14.7 Å². The van der Waals surface area contributed by atoms with Crippen molar-refractivity contribution in [3.63, 3.8) is 0 Å². The molecule has 2 aliphatic rings. The molecule has 3 rings (SSSR count). The van der Waals surface area contributed by atoms with Gasteiger partial charge in [-0.2, -0.15) is 0 Å². The van der Waals surface area contributed by atoms with Crippen molar-refractivity contribution in [1.29, 1.82) is 0 Å². The van der Waals surface area contributed by atoms with Crippen LogP contribution in [0.1, 0.15) is 25.8 Å². The monoisotopic (exact) mass is 508 g/mol. The Labute approximate surface area is 210 Å². The Morgan fingerprint density at radius 2 is 1.94 bits per heavy atom. The normalized spacial score (nSPS) is 32.2. The molecule has 10 heteroatoms. The van der Waals surface area contributed by atoms with Crippen LogP contribution in [0.3, 0.4) is 0 Å². The fraction of sp³-hybridized carbons (Fsp3) is 0.520. The highest BCUT2D eigenvalue weighted by Gasteiger charge is 2.48. The molecule has 2 heterocycles. The molecule has 1 fully saturated rings. The number of methoxy groups -OCH3 is 3. The predicted octanol–water partition coefficient (Wildman–Crippen LogP) is 3.22. The van der Waals surface area contributed by atoms with Crippen LogP contribution in [0, 0.1) is 5.92 Å². The molecule has 2 amide bonds. The van der Waals surface area contributed by atoms with Gasteiger partial charge in [0.2, 0.25) is 0 Å².